The van der Waals surface area contributed by atoms with Gasteiger partial charge in [-0.1, -0.05) is 219 Å². The van der Waals surface area contributed by atoms with Gasteiger partial charge in [0.2, 0.25) is 5.91 Å². The molecule has 3 unspecified atom stereocenters. The highest BCUT2D eigenvalue weighted by atomic mass is 31.2. The van der Waals surface area contributed by atoms with E-state index in [9.17, 15) is 19.4 Å². The number of carbonyl (C=O) groups is 1. The standard InChI is InChI=1S/C44H89N2O6P/c1-3-5-7-9-11-13-15-17-19-21-22-24-26-28-30-32-34-36-38-44(48)46-42(41-52-53(49,50)51-40-39-45)43(47)37-35-33-31-29-27-25-23-20-18-16-14-12-10-8-6-4-2/h35,37,42-43,47H,3-34,36,38-41,45H2,1-2H3,(H,46,48)(H,49,50)/b37-35+. The molecule has 0 aliphatic carbocycles. The molecule has 0 rings (SSSR count). The fourth-order valence-corrected chi connectivity index (χ4v) is 7.66. The zero-order valence-corrected chi connectivity index (χ0v) is 35.9. The summed E-state index contributed by atoms with van der Waals surface area (Å²) in [5.41, 5.74) is 5.38. The number of amides is 1. The highest BCUT2D eigenvalue weighted by Gasteiger charge is 2.26. The SMILES string of the molecule is CCCCCCCCCCCCCCCC/C=C/C(O)C(COP(=O)(O)OCCN)NC(=O)CCCCCCCCCCCCCCCCCCCC. The van der Waals surface area contributed by atoms with Gasteiger partial charge in [-0.2, -0.15) is 0 Å². The number of hydrogen-bond donors (Lipinski definition) is 4. The number of nitrogens with two attached hydrogens (primary N) is 1. The third-order valence-corrected chi connectivity index (χ3v) is 11.3. The van der Waals surface area contributed by atoms with Gasteiger partial charge in [0, 0.05) is 13.0 Å². The number of unbranched alkanes of at least 4 members (excludes halogenated alkanes) is 31. The summed E-state index contributed by atoms with van der Waals surface area (Å²) in [7, 11) is -4.33. The van der Waals surface area contributed by atoms with Crippen LogP contribution < -0.4 is 11.1 Å². The highest BCUT2D eigenvalue weighted by molar-refractivity contribution is 7.47. The van der Waals surface area contributed by atoms with Crippen molar-refractivity contribution < 1.29 is 28.4 Å². The molecule has 0 saturated heterocycles. The van der Waals surface area contributed by atoms with Gasteiger partial charge in [0.15, 0.2) is 0 Å². The molecule has 0 aromatic heterocycles. The van der Waals surface area contributed by atoms with E-state index in [1.807, 2.05) is 6.08 Å². The van der Waals surface area contributed by atoms with Crippen LogP contribution in [0.3, 0.4) is 0 Å². The van der Waals surface area contributed by atoms with E-state index in [0.717, 1.165) is 38.5 Å². The number of rotatable bonds is 43. The number of nitrogens with one attached hydrogen (secondary N) is 1. The van der Waals surface area contributed by atoms with E-state index in [-0.39, 0.29) is 25.7 Å². The van der Waals surface area contributed by atoms with Crippen LogP contribution in [0.5, 0.6) is 0 Å². The number of aliphatic hydroxyl groups is 1. The van der Waals surface area contributed by atoms with Crippen molar-refractivity contribution in [1.82, 2.24) is 5.32 Å². The van der Waals surface area contributed by atoms with Crippen LogP contribution in [0, 0.1) is 0 Å². The van der Waals surface area contributed by atoms with Crippen molar-refractivity contribution in [2.45, 2.75) is 244 Å². The Balaban J connectivity index is 4.15. The quantitative estimate of drug-likeness (QED) is 0.0276. The van der Waals surface area contributed by atoms with E-state index >= 15 is 0 Å². The van der Waals surface area contributed by atoms with Crippen molar-refractivity contribution >= 4 is 13.7 Å². The molecule has 8 nitrogen and oxygen atoms in total. The van der Waals surface area contributed by atoms with E-state index < -0.39 is 20.0 Å². The number of aliphatic hydroxyl groups excluding tert-OH is 1. The lowest BCUT2D eigenvalue weighted by Gasteiger charge is -2.23. The van der Waals surface area contributed by atoms with Gasteiger partial charge < -0.3 is 21.1 Å². The number of hydrogen-bond acceptors (Lipinski definition) is 6. The zero-order valence-electron chi connectivity index (χ0n) is 35.0. The van der Waals surface area contributed by atoms with Crippen LogP contribution in [-0.2, 0) is 18.4 Å². The van der Waals surface area contributed by atoms with Crippen LogP contribution in [0.25, 0.3) is 0 Å². The van der Waals surface area contributed by atoms with Gasteiger partial charge in [0.05, 0.1) is 25.4 Å². The minimum Gasteiger partial charge on any atom is -0.387 e. The van der Waals surface area contributed by atoms with Crippen molar-refractivity contribution in [2.75, 3.05) is 19.8 Å². The summed E-state index contributed by atoms with van der Waals surface area (Å²) in [6, 6.07) is -0.854. The first-order chi connectivity index (χ1) is 25.9. The van der Waals surface area contributed by atoms with Gasteiger partial charge in [-0.15, -0.1) is 0 Å². The van der Waals surface area contributed by atoms with Crippen LogP contribution >= 0.6 is 7.82 Å². The topological polar surface area (TPSA) is 131 Å². The summed E-state index contributed by atoms with van der Waals surface area (Å²) in [5.74, 6) is -0.190. The average Bonchev–Trinajstić information content (AvgIpc) is 3.14. The molecule has 0 bridgehead atoms. The minimum atomic E-state index is -4.33. The molecule has 0 saturated carbocycles. The Morgan fingerprint density at radius 3 is 1.34 bits per heavy atom. The van der Waals surface area contributed by atoms with Gasteiger partial charge in [-0.3, -0.25) is 13.8 Å². The van der Waals surface area contributed by atoms with E-state index in [2.05, 4.69) is 19.2 Å². The van der Waals surface area contributed by atoms with Crippen LogP contribution in [-0.4, -0.2) is 47.8 Å². The minimum absolute atomic E-state index is 0.0814. The summed E-state index contributed by atoms with van der Waals surface area (Å²) < 4.78 is 22.1. The Morgan fingerprint density at radius 2 is 0.962 bits per heavy atom. The largest absolute Gasteiger partial charge is 0.472 e. The molecule has 0 aromatic rings. The first-order valence-electron chi connectivity index (χ1n) is 22.8. The predicted molar refractivity (Wildman–Crippen MR) is 226 cm³/mol. The Bertz CT molecular complexity index is 845. The van der Waals surface area contributed by atoms with Gasteiger partial charge in [-0.05, 0) is 19.3 Å². The van der Waals surface area contributed by atoms with Crippen LogP contribution in [0.4, 0.5) is 0 Å². The predicted octanol–water partition coefficient (Wildman–Crippen LogP) is 12.8. The molecular weight excluding hydrogens is 683 g/mol. The average molecular weight is 773 g/mol. The lowest BCUT2D eigenvalue weighted by atomic mass is 10.0. The maximum Gasteiger partial charge on any atom is 0.472 e. The molecule has 316 valence electrons. The van der Waals surface area contributed by atoms with Crippen molar-refractivity contribution in [3.8, 4) is 0 Å². The number of allylic oxidation sites excluding steroid dienone is 1. The summed E-state index contributed by atoms with van der Waals surface area (Å²) in [6.07, 6.45) is 45.4. The summed E-state index contributed by atoms with van der Waals surface area (Å²) in [5, 5.41) is 13.7. The molecule has 53 heavy (non-hydrogen) atoms. The second kappa shape index (κ2) is 40.9. The molecule has 0 radical (unpaired) electrons. The van der Waals surface area contributed by atoms with Crippen LogP contribution in [0.2, 0.25) is 0 Å². The molecule has 0 aliphatic rings. The first kappa shape index (κ1) is 52.2. The number of phosphoric acid groups is 1. The normalized spacial score (nSPS) is 14.1. The molecule has 1 amide bonds. The fourth-order valence-electron chi connectivity index (χ4n) is 6.90. The molecule has 5 N–H and O–H groups in total. The van der Waals surface area contributed by atoms with Gasteiger partial charge in [-0.25, -0.2) is 4.57 Å². The second-order valence-electron chi connectivity index (χ2n) is 15.6. The Kier molecular flexibility index (Phi) is 40.3. The van der Waals surface area contributed by atoms with Crippen molar-refractivity contribution in [2.24, 2.45) is 5.73 Å². The molecule has 0 spiro atoms. The third kappa shape index (κ3) is 39.3. The van der Waals surface area contributed by atoms with Gasteiger partial charge >= 0.3 is 7.82 Å². The number of carbonyl (C=O) groups excluding carboxylic acids is 1. The van der Waals surface area contributed by atoms with Crippen molar-refractivity contribution in [3.63, 3.8) is 0 Å². The molecule has 0 fully saturated rings. The van der Waals surface area contributed by atoms with Gasteiger partial charge in [0.1, 0.15) is 0 Å². The van der Waals surface area contributed by atoms with Gasteiger partial charge in [0.25, 0.3) is 0 Å². The van der Waals surface area contributed by atoms with Crippen molar-refractivity contribution in [3.05, 3.63) is 12.2 Å². The Hall–Kier alpha value is -0.760. The summed E-state index contributed by atoms with van der Waals surface area (Å²) in [6.45, 7) is 4.16. The number of phosphoric ester groups is 1. The maximum atomic E-state index is 12.8. The lowest BCUT2D eigenvalue weighted by Crippen LogP contribution is -2.45. The third-order valence-electron chi connectivity index (χ3n) is 10.4. The van der Waals surface area contributed by atoms with Crippen molar-refractivity contribution in [1.29, 1.82) is 0 Å². The monoisotopic (exact) mass is 773 g/mol. The maximum absolute atomic E-state index is 12.8. The highest BCUT2D eigenvalue weighted by Crippen LogP contribution is 2.43. The van der Waals surface area contributed by atoms with E-state index in [4.69, 9.17) is 14.8 Å². The van der Waals surface area contributed by atoms with E-state index in [1.54, 1.807) is 6.08 Å². The molecular formula is C44H89N2O6P. The zero-order chi connectivity index (χ0) is 38.9. The summed E-state index contributed by atoms with van der Waals surface area (Å²) in [4.78, 5) is 22.7. The fraction of sp³-hybridized carbons (Fsp3) is 0.932. The first-order valence-corrected chi connectivity index (χ1v) is 24.3. The second-order valence-corrected chi connectivity index (χ2v) is 17.1. The summed E-state index contributed by atoms with van der Waals surface area (Å²) >= 11 is 0. The van der Waals surface area contributed by atoms with E-state index in [0.29, 0.717) is 6.42 Å². The Morgan fingerprint density at radius 1 is 0.604 bits per heavy atom. The molecule has 0 heterocycles. The molecule has 9 heteroatoms. The van der Waals surface area contributed by atoms with Crippen LogP contribution in [0.1, 0.15) is 232 Å². The molecule has 0 aliphatic heterocycles. The lowest BCUT2D eigenvalue weighted by molar-refractivity contribution is -0.123. The van der Waals surface area contributed by atoms with Crippen LogP contribution in [0.15, 0.2) is 12.2 Å². The molecule has 3 atom stereocenters. The molecule has 0 aromatic carbocycles. The smallest absolute Gasteiger partial charge is 0.387 e. The Labute approximate surface area is 328 Å². The van der Waals surface area contributed by atoms with E-state index in [1.165, 1.54) is 173 Å².